The lowest BCUT2D eigenvalue weighted by Gasteiger charge is -2.23. The van der Waals surface area contributed by atoms with Crippen LogP contribution in [0.5, 0.6) is 0 Å². The monoisotopic (exact) mass is 247 g/mol. The number of aromatic nitrogens is 2. The second kappa shape index (κ2) is 3.93. The van der Waals surface area contributed by atoms with Crippen LogP contribution in [0.1, 0.15) is 24.8 Å². The molecule has 0 radical (unpaired) electrons. The van der Waals surface area contributed by atoms with Crippen molar-refractivity contribution in [3.63, 3.8) is 0 Å². The molecule has 1 N–H and O–H groups in total. The molecule has 2 heterocycles. The second-order valence-electron chi connectivity index (χ2n) is 5.49. The van der Waals surface area contributed by atoms with E-state index in [1.54, 1.807) is 12.4 Å². The van der Waals surface area contributed by atoms with Crippen LogP contribution in [-0.2, 0) is 4.79 Å². The van der Waals surface area contributed by atoms with Crippen LogP contribution in [0.25, 0.3) is 0 Å². The van der Waals surface area contributed by atoms with Crippen LogP contribution in [-0.4, -0.2) is 34.1 Å². The molecule has 5 heteroatoms. The Hall–Kier alpha value is -1.65. The maximum Gasteiger partial charge on any atom is 0.311 e. The van der Waals surface area contributed by atoms with E-state index in [4.69, 9.17) is 0 Å². The number of aliphatic carboxylic acids is 1. The molecule has 0 unspecified atom stereocenters. The van der Waals surface area contributed by atoms with Crippen LogP contribution in [0, 0.1) is 18.3 Å². The molecule has 1 aromatic rings. The Bertz CT molecular complexity index is 474. The minimum absolute atomic E-state index is 0.250. The smallest absolute Gasteiger partial charge is 0.311 e. The summed E-state index contributed by atoms with van der Waals surface area (Å²) in [6, 6.07) is 0. The summed E-state index contributed by atoms with van der Waals surface area (Å²) in [5.74, 6) is 0.259. The minimum atomic E-state index is -0.653. The summed E-state index contributed by atoms with van der Waals surface area (Å²) >= 11 is 0. The fourth-order valence-electron chi connectivity index (χ4n) is 3.34. The highest BCUT2D eigenvalue weighted by Crippen LogP contribution is 2.49. The average molecular weight is 247 g/mol. The number of hydrogen-bond donors (Lipinski definition) is 1. The molecule has 5 nitrogen and oxygen atoms in total. The van der Waals surface area contributed by atoms with Gasteiger partial charge in [0.25, 0.3) is 0 Å². The van der Waals surface area contributed by atoms with E-state index in [0.717, 1.165) is 31.4 Å². The summed E-state index contributed by atoms with van der Waals surface area (Å²) in [5, 5.41) is 9.52. The van der Waals surface area contributed by atoms with Crippen LogP contribution in [0.2, 0.25) is 0 Å². The van der Waals surface area contributed by atoms with E-state index >= 15 is 0 Å². The summed E-state index contributed by atoms with van der Waals surface area (Å²) < 4.78 is 0. The molecule has 1 saturated carbocycles. The standard InChI is InChI=1S/C13H17N3O2/c1-9-5-14-12(15-6-9)16-7-10-3-2-4-13(10,8-16)11(17)18/h5-6,10H,2-4,7-8H2,1H3,(H,17,18)/t10-,13+/m0/s1. The molecular weight excluding hydrogens is 230 g/mol. The normalized spacial score (nSPS) is 30.5. The van der Waals surface area contributed by atoms with Crippen molar-refractivity contribution < 1.29 is 9.90 Å². The fraction of sp³-hybridized carbons (Fsp3) is 0.615. The lowest BCUT2D eigenvalue weighted by molar-refractivity contribution is -0.149. The number of carboxylic acid groups (broad SMARTS) is 1. The predicted molar refractivity (Wildman–Crippen MR) is 66.4 cm³/mol. The number of fused-ring (bicyclic) bond motifs is 1. The number of anilines is 1. The quantitative estimate of drug-likeness (QED) is 0.857. The fourth-order valence-corrected chi connectivity index (χ4v) is 3.34. The molecule has 0 aromatic carbocycles. The van der Waals surface area contributed by atoms with Crippen molar-refractivity contribution in [3.05, 3.63) is 18.0 Å². The molecule has 3 rings (SSSR count). The Morgan fingerprint density at radius 1 is 1.50 bits per heavy atom. The van der Waals surface area contributed by atoms with Crippen molar-refractivity contribution in [2.24, 2.45) is 11.3 Å². The Balaban J connectivity index is 1.86. The molecule has 1 saturated heterocycles. The molecule has 2 aliphatic rings. The third-order valence-corrected chi connectivity index (χ3v) is 4.35. The molecule has 1 aromatic heterocycles. The van der Waals surface area contributed by atoms with E-state index in [1.807, 2.05) is 11.8 Å². The molecule has 0 amide bonds. The van der Waals surface area contributed by atoms with Gasteiger partial charge in [-0.05, 0) is 31.2 Å². The van der Waals surface area contributed by atoms with E-state index in [1.165, 1.54) is 0 Å². The number of nitrogens with zero attached hydrogens (tertiary/aromatic N) is 3. The third-order valence-electron chi connectivity index (χ3n) is 4.35. The Morgan fingerprint density at radius 3 is 2.83 bits per heavy atom. The van der Waals surface area contributed by atoms with E-state index in [-0.39, 0.29) is 5.92 Å². The molecule has 2 atom stereocenters. The molecular formula is C13H17N3O2. The number of carboxylic acids is 1. The zero-order valence-corrected chi connectivity index (χ0v) is 10.5. The predicted octanol–water partition coefficient (Wildman–Crippen LogP) is 1.48. The van der Waals surface area contributed by atoms with E-state index < -0.39 is 11.4 Å². The number of carbonyl (C=O) groups is 1. The van der Waals surface area contributed by atoms with Crippen molar-refractivity contribution in [1.82, 2.24) is 9.97 Å². The lowest BCUT2D eigenvalue weighted by Crippen LogP contribution is -2.36. The van der Waals surface area contributed by atoms with Crippen molar-refractivity contribution in [1.29, 1.82) is 0 Å². The average Bonchev–Trinajstić information content (AvgIpc) is 2.87. The van der Waals surface area contributed by atoms with Crippen molar-refractivity contribution in [2.45, 2.75) is 26.2 Å². The molecule has 96 valence electrons. The number of rotatable bonds is 2. The highest BCUT2D eigenvalue weighted by atomic mass is 16.4. The van der Waals surface area contributed by atoms with Gasteiger partial charge < -0.3 is 10.0 Å². The summed E-state index contributed by atoms with van der Waals surface area (Å²) in [5.41, 5.74) is 0.458. The zero-order chi connectivity index (χ0) is 12.8. The first kappa shape index (κ1) is 11.4. The van der Waals surface area contributed by atoms with Gasteiger partial charge in [0.15, 0.2) is 0 Å². The molecule has 0 bridgehead atoms. The Morgan fingerprint density at radius 2 is 2.22 bits per heavy atom. The highest BCUT2D eigenvalue weighted by Gasteiger charge is 2.55. The van der Waals surface area contributed by atoms with Gasteiger partial charge in [0.1, 0.15) is 0 Å². The summed E-state index contributed by atoms with van der Waals surface area (Å²) in [6.45, 7) is 3.27. The molecule has 1 aliphatic heterocycles. The first-order valence-electron chi connectivity index (χ1n) is 6.39. The molecule has 1 aliphatic carbocycles. The topological polar surface area (TPSA) is 66.3 Å². The molecule has 18 heavy (non-hydrogen) atoms. The van der Waals surface area contributed by atoms with Crippen molar-refractivity contribution in [3.8, 4) is 0 Å². The van der Waals surface area contributed by atoms with E-state index in [9.17, 15) is 9.90 Å². The van der Waals surface area contributed by atoms with E-state index in [2.05, 4.69) is 9.97 Å². The van der Waals surface area contributed by atoms with Crippen molar-refractivity contribution >= 4 is 11.9 Å². The summed E-state index contributed by atoms with van der Waals surface area (Å²) in [4.78, 5) is 22.2. The first-order valence-corrected chi connectivity index (χ1v) is 6.39. The lowest BCUT2D eigenvalue weighted by atomic mass is 9.81. The van der Waals surface area contributed by atoms with Crippen molar-refractivity contribution in [2.75, 3.05) is 18.0 Å². The summed E-state index contributed by atoms with van der Waals surface area (Å²) in [7, 11) is 0. The van der Waals surface area contributed by atoms with Gasteiger partial charge in [-0.1, -0.05) is 6.42 Å². The third kappa shape index (κ3) is 1.57. The van der Waals surface area contributed by atoms with Gasteiger partial charge in [0.2, 0.25) is 5.95 Å². The van der Waals surface area contributed by atoms with Crippen LogP contribution in [0.15, 0.2) is 12.4 Å². The maximum atomic E-state index is 11.6. The second-order valence-corrected chi connectivity index (χ2v) is 5.49. The van der Waals surface area contributed by atoms with Gasteiger partial charge in [-0.3, -0.25) is 4.79 Å². The zero-order valence-electron chi connectivity index (χ0n) is 10.5. The minimum Gasteiger partial charge on any atom is -0.481 e. The Labute approximate surface area is 106 Å². The molecule has 0 spiro atoms. The number of hydrogen-bond acceptors (Lipinski definition) is 4. The van der Waals surface area contributed by atoms with Gasteiger partial charge in [-0.2, -0.15) is 0 Å². The molecule has 2 fully saturated rings. The highest BCUT2D eigenvalue weighted by molar-refractivity contribution is 5.77. The largest absolute Gasteiger partial charge is 0.481 e. The summed E-state index contributed by atoms with van der Waals surface area (Å²) in [6.07, 6.45) is 6.39. The number of aryl methyl sites for hydroxylation is 1. The maximum absolute atomic E-state index is 11.6. The first-order chi connectivity index (χ1) is 8.62. The van der Waals surface area contributed by atoms with Gasteiger partial charge in [-0.25, -0.2) is 9.97 Å². The van der Waals surface area contributed by atoms with Gasteiger partial charge in [-0.15, -0.1) is 0 Å². The van der Waals surface area contributed by atoms with Crippen LogP contribution < -0.4 is 4.90 Å². The van der Waals surface area contributed by atoms with Crippen LogP contribution in [0.4, 0.5) is 5.95 Å². The van der Waals surface area contributed by atoms with Crippen LogP contribution >= 0.6 is 0 Å². The Kier molecular flexibility index (Phi) is 2.50. The van der Waals surface area contributed by atoms with Gasteiger partial charge >= 0.3 is 5.97 Å². The SMILES string of the molecule is Cc1cnc(N2C[C@@H]3CCC[C@@]3(C(=O)O)C2)nc1. The van der Waals surface area contributed by atoms with Gasteiger partial charge in [0.05, 0.1) is 5.41 Å². The van der Waals surface area contributed by atoms with Crippen LogP contribution in [0.3, 0.4) is 0 Å². The van der Waals surface area contributed by atoms with E-state index in [0.29, 0.717) is 12.5 Å². The van der Waals surface area contributed by atoms with Gasteiger partial charge in [0, 0.05) is 25.5 Å².